The van der Waals surface area contributed by atoms with Crippen LogP contribution in [0.25, 0.3) is 0 Å². The monoisotopic (exact) mass is 324 g/mol. The van der Waals surface area contributed by atoms with E-state index in [2.05, 4.69) is 24.1 Å². The van der Waals surface area contributed by atoms with Gasteiger partial charge in [0.2, 0.25) is 0 Å². The second-order valence-electron chi connectivity index (χ2n) is 5.92. The van der Waals surface area contributed by atoms with Gasteiger partial charge in [-0.05, 0) is 19.8 Å². The van der Waals surface area contributed by atoms with Crippen LogP contribution in [0.4, 0.5) is 0 Å². The van der Waals surface area contributed by atoms with Gasteiger partial charge < -0.3 is 9.42 Å². The van der Waals surface area contributed by atoms with E-state index in [0.717, 1.165) is 5.76 Å². The van der Waals surface area contributed by atoms with Crippen LogP contribution in [0.15, 0.2) is 10.6 Å². The number of carbonyl (C=O) groups is 1. The zero-order valence-corrected chi connectivity index (χ0v) is 14.3. The highest BCUT2D eigenvalue weighted by molar-refractivity contribution is 6.33. The first-order chi connectivity index (χ1) is 10.3. The van der Waals surface area contributed by atoms with Gasteiger partial charge in [0.1, 0.15) is 16.6 Å². The van der Waals surface area contributed by atoms with Crippen molar-refractivity contribution in [2.75, 3.05) is 7.05 Å². The van der Waals surface area contributed by atoms with Crippen LogP contribution in [-0.2, 0) is 13.1 Å². The standard InChI is InChI=1S/C15H21ClN4O2/c1-9(2)7-20-14(16)13(11(4)17-20)15(21)19(5)8-12-6-10(3)22-18-12/h6,9H,7-8H2,1-5H3. The molecule has 0 aliphatic carbocycles. The zero-order chi connectivity index (χ0) is 16.4. The summed E-state index contributed by atoms with van der Waals surface area (Å²) in [5.74, 6) is 0.948. The van der Waals surface area contributed by atoms with Crippen LogP contribution in [0.1, 0.15) is 41.4 Å². The second-order valence-corrected chi connectivity index (χ2v) is 6.28. The van der Waals surface area contributed by atoms with Crippen molar-refractivity contribution in [1.29, 1.82) is 0 Å². The summed E-state index contributed by atoms with van der Waals surface area (Å²) in [6.07, 6.45) is 0. The van der Waals surface area contributed by atoms with Gasteiger partial charge in [-0.1, -0.05) is 30.6 Å². The Morgan fingerprint density at radius 2 is 2.14 bits per heavy atom. The highest BCUT2D eigenvalue weighted by atomic mass is 35.5. The van der Waals surface area contributed by atoms with Crippen LogP contribution in [0.2, 0.25) is 5.15 Å². The average Bonchev–Trinajstić information content (AvgIpc) is 2.93. The molecule has 0 bridgehead atoms. The molecule has 0 atom stereocenters. The Labute approximate surface area is 135 Å². The molecule has 0 saturated heterocycles. The topological polar surface area (TPSA) is 64.2 Å². The Morgan fingerprint density at radius 3 is 2.68 bits per heavy atom. The lowest BCUT2D eigenvalue weighted by molar-refractivity contribution is 0.0781. The minimum absolute atomic E-state index is 0.168. The van der Waals surface area contributed by atoms with Crippen LogP contribution in [0.3, 0.4) is 0 Å². The molecule has 7 heteroatoms. The predicted octanol–water partition coefficient (Wildman–Crippen LogP) is 3.07. The van der Waals surface area contributed by atoms with Crippen molar-refractivity contribution < 1.29 is 9.32 Å². The van der Waals surface area contributed by atoms with E-state index in [1.165, 1.54) is 0 Å². The predicted molar refractivity (Wildman–Crippen MR) is 83.8 cm³/mol. The third-order valence-corrected chi connectivity index (χ3v) is 3.62. The van der Waals surface area contributed by atoms with Gasteiger partial charge in [-0.25, -0.2) is 0 Å². The molecule has 6 nitrogen and oxygen atoms in total. The zero-order valence-electron chi connectivity index (χ0n) is 13.6. The summed E-state index contributed by atoms with van der Waals surface area (Å²) in [5, 5.41) is 8.65. The van der Waals surface area contributed by atoms with Gasteiger partial charge >= 0.3 is 0 Å². The van der Waals surface area contributed by atoms with E-state index in [9.17, 15) is 4.79 Å². The lowest BCUT2D eigenvalue weighted by Crippen LogP contribution is -2.27. The summed E-state index contributed by atoms with van der Waals surface area (Å²) in [5.41, 5.74) is 1.79. The van der Waals surface area contributed by atoms with Gasteiger partial charge in [-0.3, -0.25) is 9.48 Å². The van der Waals surface area contributed by atoms with Crippen LogP contribution < -0.4 is 0 Å². The molecule has 0 N–H and O–H groups in total. The number of aryl methyl sites for hydroxylation is 2. The molecule has 0 fully saturated rings. The third kappa shape index (κ3) is 3.50. The van der Waals surface area contributed by atoms with Crippen molar-refractivity contribution in [3.05, 3.63) is 33.9 Å². The molecular weight excluding hydrogens is 304 g/mol. The van der Waals surface area contributed by atoms with Gasteiger partial charge in [0, 0.05) is 19.7 Å². The molecule has 120 valence electrons. The van der Waals surface area contributed by atoms with E-state index in [1.807, 2.05) is 6.92 Å². The fourth-order valence-corrected chi connectivity index (χ4v) is 2.59. The average molecular weight is 325 g/mol. The first-order valence-electron chi connectivity index (χ1n) is 7.20. The Morgan fingerprint density at radius 1 is 1.45 bits per heavy atom. The van der Waals surface area contributed by atoms with Crippen molar-refractivity contribution >= 4 is 17.5 Å². The maximum atomic E-state index is 12.6. The lowest BCUT2D eigenvalue weighted by Gasteiger charge is -2.15. The largest absolute Gasteiger partial charge is 0.361 e. The fourth-order valence-electron chi connectivity index (χ4n) is 2.26. The third-order valence-electron chi connectivity index (χ3n) is 3.24. The molecule has 1 amide bonds. The van der Waals surface area contributed by atoms with Crippen LogP contribution in [0.5, 0.6) is 0 Å². The number of hydrogen-bond donors (Lipinski definition) is 0. The first-order valence-corrected chi connectivity index (χ1v) is 7.58. The number of rotatable bonds is 5. The highest BCUT2D eigenvalue weighted by Crippen LogP contribution is 2.23. The van der Waals surface area contributed by atoms with Crippen molar-refractivity contribution in [1.82, 2.24) is 19.8 Å². The SMILES string of the molecule is Cc1cc(CN(C)C(=O)c2c(C)nn(CC(C)C)c2Cl)no1. The van der Waals surface area contributed by atoms with E-state index < -0.39 is 0 Å². The van der Waals surface area contributed by atoms with Crippen molar-refractivity contribution in [3.8, 4) is 0 Å². The molecule has 0 aromatic carbocycles. The van der Waals surface area contributed by atoms with Crippen LogP contribution in [-0.4, -0.2) is 32.8 Å². The van der Waals surface area contributed by atoms with Crippen molar-refractivity contribution in [2.45, 2.75) is 40.8 Å². The van der Waals surface area contributed by atoms with E-state index in [4.69, 9.17) is 16.1 Å². The van der Waals surface area contributed by atoms with Crippen LogP contribution >= 0.6 is 11.6 Å². The number of halogens is 1. The van der Waals surface area contributed by atoms with Crippen molar-refractivity contribution in [2.24, 2.45) is 5.92 Å². The second kappa shape index (κ2) is 6.52. The molecule has 0 aliphatic rings. The molecular formula is C15H21ClN4O2. The van der Waals surface area contributed by atoms with Gasteiger partial charge in [0.15, 0.2) is 0 Å². The van der Waals surface area contributed by atoms with E-state index >= 15 is 0 Å². The summed E-state index contributed by atoms with van der Waals surface area (Å²) < 4.78 is 6.70. The van der Waals surface area contributed by atoms with Gasteiger partial charge in [-0.2, -0.15) is 5.10 Å². The highest BCUT2D eigenvalue weighted by Gasteiger charge is 2.24. The minimum Gasteiger partial charge on any atom is -0.361 e. The fraction of sp³-hybridized carbons (Fsp3) is 0.533. The Kier molecular flexibility index (Phi) is 4.90. The van der Waals surface area contributed by atoms with E-state index in [1.54, 1.807) is 29.6 Å². The lowest BCUT2D eigenvalue weighted by atomic mass is 10.2. The quantitative estimate of drug-likeness (QED) is 0.848. The maximum absolute atomic E-state index is 12.6. The van der Waals surface area contributed by atoms with E-state index in [-0.39, 0.29) is 5.91 Å². The Bertz CT molecular complexity index is 675. The van der Waals surface area contributed by atoms with Gasteiger partial charge in [0.25, 0.3) is 5.91 Å². The number of aromatic nitrogens is 3. The molecule has 2 rings (SSSR count). The van der Waals surface area contributed by atoms with Gasteiger partial charge in [-0.15, -0.1) is 0 Å². The number of hydrogen-bond acceptors (Lipinski definition) is 4. The molecule has 0 aliphatic heterocycles. The normalized spacial score (nSPS) is 11.2. The molecule has 0 spiro atoms. The molecule has 22 heavy (non-hydrogen) atoms. The summed E-state index contributed by atoms with van der Waals surface area (Å²) in [4.78, 5) is 14.2. The Balaban J connectivity index is 2.19. The Hall–Kier alpha value is -1.82. The van der Waals surface area contributed by atoms with Crippen LogP contribution in [0, 0.1) is 19.8 Å². The molecule has 0 radical (unpaired) electrons. The molecule has 0 unspecified atom stereocenters. The number of amides is 1. The maximum Gasteiger partial charge on any atom is 0.258 e. The summed E-state index contributed by atoms with van der Waals surface area (Å²) in [7, 11) is 1.71. The van der Waals surface area contributed by atoms with Gasteiger partial charge in [0.05, 0.1) is 17.8 Å². The molecule has 0 saturated carbocycles. The smallest absolute Gasteiger partial charge is 0.258 e. The molecule has 2 aromatic heterocycles. The first kappa shape index (κ1) is 16.5. The summed E-state index contributed by atoms with van der Waals surface area (Å²) in [6.45, 7) is 8.81. The van der Waals surface area contributed by atoms with E-state index in [0.29, 0.717) is 41.1 Å². The minimum atomic E-state index is -0.168. The molecule has 2 aromatic rings. The van der Waals surface area contributed by atoms with Crippen molar-refractivity contribution in [3.63, 3.8) is 0 Å². The summed E-state index contributed by atoms with van der Waals surface area (Å²) in [6, 6.07) is 1.81. The number of carbonyl (C=O) groups excluding carboxylic acids is 1. The summed E-state index contributed by atoms with van der Waals surface area (Å²) >= 11 is 6.34. The molecule has 2 heterocycles. The number of nitrogens with zero attached hydrogens (tertiary/aromatic N) is 4.